The first-order chi connectivity index (χ1) is 13.3. The van der Waals surface area contributed by atoms with Gasteiger partial charge in [0.1, 0.15) is 11.4 Å². The number of aromatic carboxylic acids is 1. The van der Waals surface area contributed by atoms with Gasteiger partial charge >= 0.3 is 5.97 Å². The van der Waals surface area contributed by atoms with E-state index >= 15 is 0 Å². The molecule has 8 heteroatoms. The van der Waals surface area contributed by atoms with Crippen LogP contribution >= 0.6 is 0 Å². The maximum absolute atomic E-state index is 13.0. The fourth-order valence-electron chi connectivity index (χ4n) is 3.73. The van der Waals surface area contributed by atoms with Crippen molar-refractivity contribution in [1.82, 2.24) is 20.2 Å². The van der Waals surface area contributed by atoms with Crippen molar-refractivity contribution >= 4 is 17.7 Å². The number of ketones is 1. The van der Waals surface area contributed by atoms with E-state index < -0.39 is 5.97 Å². The third-order valence-corrected chi connectivity index (χ3v) is 5.03. The molecule has 0 fully saturated rings. The zero-order valence-corrected chi connectivity index (χ0v) is 15.5. The molecule has 4 N–H and O–H groups in total. The lowest BCUT2D eigenvalue weighted by Crippen LogP contribution is -2.28. The highest BCUT2D eigenvalue weighted by atomic mass is 16.4. The summed E-state index contributed by atoms with van der Waals surface area (Å²) in [6, 6.07) is 6.29. The number of carbonyl (C=O) groups is 2. The number of anilines is 1. The lowest BCUT2D eigenvalue weighted by atomic mass is 9.72. The molecule has 0 radical (unpaired) electrons. The van der Waals surface area contributed by atoms with Crippen LogP contribution in [0.4, 0.5) is 5.95 Å². The molecule has 0 aliphatic heterocycles. The molecule has 0 amide bonds. The number of aromatic amines is 1. The first kappa shape index (κ1) is 17.8. The van der Waals surface area contributed by atoms with Crippen molar-refractivity contribution in [3.05, 3.63) is 58.4 Å². The number of aromatic nitrogens is 4. The fraction of sp³-hybridized carbons (Fsp3) is 0.250. The summed E-state index contributed by atoms with van der Waals surface area (Å²) >= 11 is 0. The van der Waals surface area contributed by atoms with Gasteiger partial charge in [-0.15, -0.1) is 0 Å². The Hall–Kier alpha value is -3.55. The minimum absolute atomic E-state index is 0.115. The molecule has 2 aromatic heterocycles. The van der Waals surface area contributed by atoms with Crippen LogP contribution in [0, 0.1) is 0 Å². The van der Waals surface area contributed by atoms with Crippen molar-refractivity contribution in [3.8, 4) is 11.4 Å². The van der Waals surface area contributed by atoms with E-state index in [2.05, 4.69) is 34.0 Å². The number of hydrogen-bond acceptors (Lipinski definition) is 6. The van der Waals surface area contributed by atoms with Gasteiger partial charge in [0, 0.05) is 18.2 Å². The number of carboxylic acids is 1. The summed E-state index contributed by atoms with van der Waals surface area (Å²) in [6.45, 7) is 4.11. The molecule has 1 aromatic carbocycles. The third-order valence-electron chi connectivity index (χ3n) is 5.03. The third kappa shape index (κ3) is 2.92. The van der Waals surface area contributed by atoms with Crippen molar-refractivity contribution in [3.63, 3.8) is 0 Å². The smallest absolute Gasteiger partial charge is 0.335 e. The Kier molecular flexibility index (Phi) is 3.99. The molecule has 0 saturated heterocycles. The van der Waals surface area contributed by atoms with E-state index in [0.717, 1.165) is 16.7 Å². The molecule has 3 aromatic rings. The number of carboxylic acid groups (broad SMARTS) is 1. The number of nitrogens with one attached hydrogen (secondary N) is 1. The van der Waals surface area contributed by atoms with E-state index in [1.807, 2.05) is 0 Å². The van der Waals surface area contributed by atoms with Crippen LogP contribution in [0.25, 0.3) is 11.4 Å². The summed E-state index contributed by atoms with van der Waals surface area (Å²) in [7, 11) is 0. The highest BCUT2D eigenvalue weighted by molar-refractivity contribution is 5.99. The fourth-order valence-corrected chi connectivity index (χ4v) is 3.73. The van der Waals surface area contributed by atoms with Crippen molar-refractivity contribution in [1.29, 1.82) is 0 Å². The van der Waals surface area contributed by atoms with Crippen LogP contribution in [0.5, 0.6) is 0 Å². The van der Waals surface area contributed by atoms with Crippen LogP contribution in [0.1, 0.15) is 51.4 Å². The normalized spacial score (nSPS) is 14.2. The van der Waals surface area contributed by atoms with Gasteiger partial charge in [0.15, 0.2) is 5.78 Å². The Morgan fingerprint density at radius 2 is 1.93 bits per heavy atom. The van der Waals surface area contributed by atoms with Crippen LogP contribution in [0.2, 0.25) is 0 Å². The number of nitrogens with two attached hydrogens (primary N) is 1. The van der Waals surface area contributed by atoms with Crippen LogP contribution in [0.3, 0.4) is 0 Å². The first-order valence-electron chi connectivity index (χ1n) is 8.82. The minimum Gasteiger partial charge on any atom is -0.478 e. The average molecular weight is 377 g/mol. The monoisotopic (exact) mass is 377 g/mol. The number of carbonyl (C=O) groups excluding carboxylic acids is 1. The molecule has 4 rings (SSSR count). The maximum atomic E-state index is 13.0. The lowest BCUT2D eigenvalue weighted by molar-refractivity contribution is 0.0696. The second-order valence-electron chi connectivity index (χ2n) is 7.59. The lowest BCUT2D eigenvalue weighted by Gasteiger charge is -2.30. The predicted molar refractivity (Wildman–Crippen MR) is 102 cm³/mol. The Labute approximate surface area is 160 Å². The molecule has 8 nitrogen and oxygen atoms in total. The van der Waals surface area contributed by atoms with Gasteiger partial charge in [-0.2, -0.15) is 5.10 Å². The van der Waals surface area contributed by atoms with Crippen LogP contribution < -0.4 is 5.73 Å². The second kappa shape index (κ2) is 6.26. The number of Topliss-reactive ketones (excluding diaryl/α,β-unsaturated/α-hetero) is 1. The standard InChI is InChI=1S/C20H19N5O3/c1-20(2)8-12-9-22-19(21)23-15(12)17-14(20)16(24-25-17)13(26)7-10-3-5-11(6-4-10)18(27)28/h3-6,9H,7-8H2,1-2H3,(H,24,25)(H,27,28)(H2,21,22,23). The number of H-pyrrole nitrogens is 1. The summed E-state index contributed by atoms with van der Waals surface area (Å²) < 4.78 is 0. The van der Waals surface area contributed by atoms with Gasteiger partial charge in [0.05, 0.1) is 11.3 Å². The Morgan fingerprint density at radius 1 is 1.21 bits per heavy atom. The average Bonchev–Trinajstić information content (AvgIpc) is 3.09. The highest BCUT2D eigenvalue weighted by Crippen LogP contribution is 2.42. The van der Waals surface area contributed by atoms with Gasteiger partial charge in [-0.05, 0) is 35.1 Å². The maximum Gasteiger partial charge on any atom is 0.335 e. The van der Waals surface area contributed by atoms with Crippen molar-refractivity contribution in [2.75, 3.05) is 5.73 Å². The molecule has 2 heterocycles. The Morgan fingerprint density at radius 3 is 2.61 bits per heavy atom. The van der Waals surface area contributed by atoms with E-state index in [-0.39, 0.29) is 29.1 Å². The van der Waals surface area contributed by atoms with Gasteiger partial charge < -0.3 is 10.8 Å². The second-order valence-corrected chi connectivity index (χ2v) is 7.59. The molecule has 28 heavy (non-hydrogen) atoms. The number of rotatable bonds is 4. The minimum atomic E-state index is -0.998. The molecule has 0 bridgehead atoms. The molecule has 1 aliphatic rings. The van der Waals surface area contributed by atoms with E-state index in [0.29, 0.717) is 23.5 Å². The van der Waals surface area contributed by atoms with Crippen LogP contribution in [-0.4, -0.2) is 37.0 Å². The van der Waals surface area contributed by atoms with Gasteiger partial charge in [-0.1, -0.05) is 26.0 Å². The molecule has 0 atom stereocenters. The van der Waals surface area contributed by atoms with Crippen molar-refractivity contribution in [2.24, 2.45) is 0 Å². The van der Waals surface area contributed by atoms with Gasteiger partial charge in [0.2, 0.25) is 5.95 Å². The molecular weight excluding hydrogens is 358 g/mol. The highest BCUT2D eigenvalue weighted by Gasteiger charge is 2.38. The van der Waals surface area contributed by atoms with E-state index in [1.165, 1.54) is 12.1 Å². The first-order valence-corrected chi connectivity index (χ1v) is 8.82. The number of fused-ring (bicyclic) bond motifs is 3. The zero-order valence-electron chi connectivity index (χ0n) is 15.5. The summed E-state index contributed by atoms with van der Waals surface area (Å²) in [4.78, 5) is 32.4. The van der Waals surface area contributed by atoms with E-state index in [4.69, 9.17) is 10.8 Å². The number of nitrogens with zero attached hydrogens (tertiary/aromatic N) is 3. The number of nitrogen functional groups attached to an aromatic ring is 1. The summed E-state index contributed by atoms with van der Waals surface area (Å²) in [5.41, 5.74) is 9.84. The van der Waals surface area contributed by atoms with Crippen LogP contribution in [-0.2, 0) is 18.3 Å². The van der Waals surface area contributed by atoms with Crippen molar-refractivity contribution in [2.45, 2.75) is 32.1 Å². The topological polar surface area (TPSA) is 135 Å². The van der Waals surface area contributed by atoms with Crippen molar-refractivity contribution < 1.29 is 14.7 Å². The molecule has 142 valence electrons. The molecule has 1 aliphatic carbocycles. The van der Waals surface area contributed by atoms with E-state index in [9.17, 15) is 9.59 Å². The summed E-state index contributed by atoms with van der Waals surface area (Å²) in [5, 5.41) is 16.3. The SMILES string of the molecule is CC1(C)Cc2cnc(N)nc2-c2n[nH]c(C(=O)Cc3ccc(C(=O)O)cc3)c21. The number of benzene rings is 1. The molecule has 0 unspecified atom stereocenters. The predicted octanol–water partition coefficient (Wildman–Crippen LogP) is 2.41. The van der Waals surface area contributed by atoms with Gasteiger partial charge in [-0.3, -0.25) is 9.89 Å². The van der Waals surface area contributed by atoms with Crippen LogP contribution in [0.15, 0.2) is 30.5 Å². The number of hydrogen-bond donors (Lipinski definition) is 3. The summed E-state index contributed by atoms with van der Waals surface area (Å²) in [5.74, 6) is -0.948. The molecule has 0 spiro atoms. The Bertz CT molecular complexity index is 1100. The quantitative estimate of drug-likeness (QED) is 0.594. The van der Waals surface area contributed by atoms with E-state index in [1.54, 1.807) is 18.3 Å². The Balaban J connectivity index is 1.70. The molecular formula is C20H19N5O3. The van der Waals surface area contributed by atoms with Gasteiger partial charge in [0.25, 0.3) is 0 Å². The largest absolute Gasteiger partial charge is 0.478 e. The van der Waals surface area contributed by atoms with Gasteiger partial charge in [-0.25, -0.2) is 14.8 Å². The molecule has 0 saturated carbocycles. The summed E-state index contributed by atoms with van der Waals surface area (Å²) in [6.07, 6.45) is 2.52. The zero-order chi connectivity index (χ0) is 20.1.